The molecule has 6 heteroatoms. The lowest BCUT2D eigenvalue weighted by Gasteiger charge is -2.13. The van der Waals surface area contributed by atoms with Crippen LogP contribution in [0.3, 0.4) is 0 Å². The standard InChI is InChI=1S/C10H14NO4P/c1-7-3-5-9(6-4-7)11-10(12)8(2)16(13,14)15/h3-6,8H,1-2H3,(H,11,12)(H2,13,14,15). The lowest BCUT2D eigenvalue weighted by molar-refractivity contribution is -0.115. The Morgan fingerprint density at radius 2 is 1.81 bits per heavy atom. The SMILES string of the molecule is Cc1ccc(NC(=O)C(C)P(=O)(O)O)cc1. The van der Waals surface area contributed by atoms with Gasteiger partial charge in [-0.15, -0.1) is 0 Å². The van der Waals surface area contributed by atoms with Gasteiger partial charge in [-0.25, -0.2) is 0 Å². The van der Waals surface area contributed by atoms with E-state index in [0.29, 0.717) is 5.69 Å². The van der Waals surface area contributed by atoms with Gasteiger partial charge in [-0.2, -0.15) is 0 Å². The van der Waals surface area contributed by atoms with Crippen molar-refractivity contribution in [2.45, 2.75) is 19.5 Å². The molecule has 0 saturated carbocycles. The molecule has 0 heterocycles. The molecule has 0 radical (unpaired) electrons. The second-order valence-corrected chi connectivity index (χ2v) is 5.57. The summed E-state index contributed by atoms with van der Waals surface area (Å²) >= 11 is 0. The van der Waals surface area contributed by atoms with Crippen LogP contribution in [0.2, 0.25) is 0 Å². The van der Waals surface area contributed by atoms with Crippen LogP contribution in [0.15, 0.2) is 24.3 Å². The minimum atomic E-state index is -4.37. The molecule has 1 aromatic carbocycles. The number of carbonyl (C=O) groups is 1. The number of amides is 1. The van der Waals surface area contributed by atoms with Gasteiger partial charge in [-0.3, -0.25) is 9.36 Å². The second-order valence-electron chi connectivity index (χ2n) is 3.62. The van der Waals surface area contributed by atoms with E-state index in [2.05, 4.69) is 5.32 Å². The molecule has 3 N–H and O–H groups in total. The topological polar surface area (TPSA) is 86.6 Å². The zero-order valence-electron chi connectivity index (χ0n) is 9.04. The zero-order valence-corrected chi connectivity index (χ0v) is 9.94. The molecule has 1 unspecified atom stereocenters. The highest BCUT2D eigenvalue weighted by molar-refractivity contribution is 7.53. The molecule has 88 valence electrons. The third-order valence-corrected chi connectivity index (χ3v) is 3.45. The Hall–Kier alpha value is -1.16. The molecule has 1 aromatic rings. The van der Waals surface area contributed by atoms with E-state index >= 15 is 0 Å². The number of hydrogen-bond donors (Lipinski definition) is 3. The van der Waals surface area contributed by atoms with Gasteiger partial charge in [-0.05, 0) is 26.0 Å². The van der Waals surface area contributed by atoms with E-state index in [9.17, 15) is 9.36 Å². The largest absolute Gasteiger partial charge is 0.337 e. The van der Waals surface area contributed by atoms with Crippen molar-refractivity contribution in [3.63, 3.8) is 0 Å². The van der Waals surface area contributed by atoms with Crippen LogP contribution in [-0.2, 0) is 9.36 Å². The fourth-order valence-corrected chi connectivity index (χ4v) is 1.41. The number of anilines is 1. The monoisotopic (exact) mass is 243 g/mol. The highest BCUT2D eigenvalue weighted by Crippen LogP contribution is 2.41. The number of hydrogen-bond acceptors (Lipinski definition) is 2. The number of rotatable bonds is 3. The van der Waals surface area contributed by atoms with Gasteiger partial charge >= 0.3 is 7.60 Å². The first-order valence-corrected chi connectivity index (χ1v) is 6.41. The maximum Gasteiger partial charge on any atom is 0.337 e. The second kappa shape index (κ2) is 4.78. The van der Waals surface area contributed by atoms with Crippen molar-refractivity contribution in [3.05, 3.63) is 29.8 Å². The van der Waals surface area contributed by atoms with E-state index in [1.807, 2.05) is 6.92 Å². The summed E-state index contributed by atoms with van der Waals surface area (Å²) in [4.78, 5) is 29.1. The van der Waals surface area contributed by atoms with Crippen molar-refractivity contribution in [1.29, 1.82) is 0 Å². The Kier molecular flexibility index (Phi) is 3.86. The van der Waals surface area contributed by atoms with Crippen LogP contribution >= 0.6 is 7.60 Å². The number of benzene rings is 1. The Labute approximate surface area is 93.7 Å². The zero-order chi connectivity index (χ0) is 12.3. The molecule has 5 nitrogen and oxygen atoms in total. The molecule has 0 aliphatic carbocycles. The smallest absolute Gasteiger partial charge is 0.325 e. The number of aryl methyl sites for hydroxylation is 1. The van der Waals surface area contributed by atoms with Crippen molar-refractivity contribution in [2.24, 2.45) is 0 Å². The van der Waals surface area contributed by atoms with E-state index in [1.165, 1.54) is 6.92 Å². The molecule has 0 aliphatic rings. The molecule has 16 heavy (non-hydrogen) atoms. The van der Waals surface area contributed by atoms with Gasteiger partial charge in [0.05, 0.1) is 0 Å². The fraction of sp³-hybridized carbons (Fsp3) is 0.300. The fourth-order valence-electron chi connectivity index (χ4n) is 1.04. The lowest BCUT2D eigenvalue weighted by atomic mass is 10.2. The summed E-state index contributed by atoms with van der Waals surface area (Å²) in [6.45, 7) is 3.11. The molecule has 0 fully saturated rings. The van der Waals surface area contributed by atoms with Crippen molar-refractivity contribution >= 4 is 19.2 Å². The minimum absolute atomic E-state index is 0.524. The predicted molar refractivity (Wildman–Crippen MR) is 61.3 cm³/mol. The molecule has 0 bridgehead atoms. The van der Waals surface area contributed by atoms with Crippen molar-refractivity contribution in [1.82, 2.24) is 0 Å². The van der Waals surface area contributed by atoms with Crippen LogP contribution in [0.5, 0.6) is 0 Å². The van der Waals surface area contributed by atoms with E-state index in [4.69, 9.17) is 9.79 Å². The lowest BCUT2D eigenvalue weighted by Crippen LogP contribution is -2.25. The van der Waals surface area contributed by atoms with Gasteiger partial charge < -0.3 is 15.1 Å². The first kappa shape index (κ1) is 12.9. The molecular formula is C10H14NO4P. The summed E-state index contributed by atoms with van der Waals surface area (Å²) in [6, 6.07) is 6.97. The Bertz CT molecular complexity index is 423. The van der Waals surface area contributed by atoms with Gasteiger partial charge in [0, 0.05) is 5.69 Å². The Morgan fingerprint density at radius 1 is 1.31 bits per heavy atom. The van der Waals surface area contributed by atoms with Crippen LogP contribution in [-0.4, -0.2) is 21.4 Å². The highest BCUT2D eigenvalue weighted by Gasteiger charge is 2.30. The van der Waals surface area contributed by atoms with Gasteiger partial charge in [0.25, 0.3) is 0 Å². The summed E-state index contributed by atoms with van der Waals surface area (Å²) in [5.74, 6) is -0.683. The number of nitrogens with one attached hydrogen (secondary N) is 1. The van der Waals surface area contributed by atoms with Crippen LogP contribution < -0.4 is 5.32 Å². The third kappa shape index (κ3) is 3.45. The summed E-state index contributed by atoms with van der Waals surface area (Å²) < 4.78 is 10.9. The molecule has 0 aromatic heterocycles. The molecular weight excluding hydrogens is 229 g/mol. The van der Waals surface area contributed by atoms with Crippen LogP contribution in [0.1, 0.15) is 12.5 Å². The first-order valence-electron chi connectivity index (χ1n) is 4.73. The van der Waals surface area contributed by atoms with Gasteiger partial charge in [0.15, 0.2) is 0 Å². The molecule has 1 amide bonds. The molecule has 1 rings (SSSR count). The molecule has 0 saturated heterocycles. The third-order valence-electron chi connectivity index (χ3n) is 2.20. The number of carbonyl (C=O) groups excluding carboxylic acids is 1. The Morgan fingerprint density at radius 3 is 2.25 bits per heavy atom. The minimum Gasteiger partial charge on any atom is -0.325 e. The average molecular weight is 243 g/mol. The molecule has 0 spiro atoms. The maximum atomic E-state index is 11.4. The summed E-state index contributed by atoms with van der Waals surface area (Å²) in [6.07, 6.45) is 0. The quantitative estimate of drug-likeness (QED) is 0.702. The van der Waals surface area contributed by atoms with E-state index in [1.54, 1.807) is 24.3 Å². The predicted octanol–water partition coefficient (Wildman–Crippen LogP) is 1.50. The maximum absolute atomic E-state index is 11.4. The van der Waals surface area contributed by atoms with Gasteiger partial charge in [-0.1, -0.05) is 17.7 Å². The average Bonchev–Trinajstić information content (AvgIpc) is 2.19. The summed E-state index contributed by atoms with van der Waals surface area (Å²) in [7, 11) is -4.37. The normalized spacial score (nSPS) is 13.2. The summed E-state index contributed by atoms with van der Waals surface area (Å²) in [5.41, 5.74) is 0.228. The summed E-state index contributed by atoms with van der Waals surface area (Å²) in [5, 5.41) is 2.44. The van der Waals surface area contributed by atoms with Crippen molar-refractivity contribution in [2.75, 3.05) is 5.32 Å². The molecule has 1 atom stereocenters. The van der Waals surface area contributed by atoms with E-state index in [-0.39, 0.29) is 0 Å². The van der Waals surface area contributed by atoms with Crippen molar-refractivity contribution in [3.8, 4) is 0 Å². The van der Waals surface area contributed by atoms with Crippen LogP contribution in [0.25, 0.3) is 0 Å². The van der Waals surface area contributed by atoms with Crippen molar-refractivity contribution < 1.29 is 19.1 Å². The van der Waals surface area contributed by atoms with E-state index in [0.717, 1.165) is 5.56 Å². The van der Waals surface area contributed by atoms with Gasteiger partial charge in [0.1, 0.15) is 5.66 Å². The molecule has 0 aliphatic heterocycles. The first-order chi connectivity index (χ1) is 7.30. The van der Waals surface area contributed by atoms with Crippen LogP contribution in [0.4, 0.5) is 5.69 Å². The van der Waals surface area contributed by atoms with E-state index < -0.39 is 19.2 Å². The van der Waals surface area contributed by atoms with Crippen LogP contribution in [0, 0.1) is 6.92 Å². The highest BCUT2D eigenvalue weighted by atomic mass is 31.2. The Balaban J connectivity index is 2.72. The van der Waals surface area contributed by atoms with Gasteiger partial charge in [0.2, 0.25) is 5.91 Å².